The van der Waals surface area contributed by atoms with Crippen LogP contribution >= 0.6 is 11.8 Å². The Hall–Kier alpha value is -2.31. The highest BCUT2D eigenvalue weighted by Crippen LogP contribution is 2.10. The minimum Gasteiger partial charge on any atom is -0.359 e. The van der Waals surface area contributed by atoms with E-state index < -0.39 is 0 Å². The Morgan fingerprint density at radius 3 is 3.10 bits per heavy atom. The number of rotatable bonds is 6. The van der Waals surface area contributed by atoms with E-state index in [-0.39, 0.29) is 5.91 Å². The topological polar surface area (TPSA) is 128 Å². The van der Waals surface area contributed by atoms with Gasteiger partial charge in [0.2, 0.25) is 12.2 Å². The molecule has 1 rings (SSSR count). The van der Waals surface area contributed by atoms with Gasteiger partial charge in [0, 0.05) is 36.9 Å². The highest BCUT2D eigenvalue weighted by Gasteiger charge is 2.05. The van der Waals surface area contributed by atoms with Gasteiger partial charge in [0.05, 0.1) is 5.69 Å². The molecule has 9 heteroatoms. The summed E-state index contributed by atoms with van der Waals surface area (Å²) in [5.74, 6) is 6.68. The van der Waals surface area contributed by atoms with Crippen LogP contribution in [0.5, 0.6) is 0 Å². The molecule has 0 fully saturated rings. The summed E-state index contributed by atoms with van der Waals surface area (Å²) in [6, 6.07) is 3.31. The summed E-state index contributed by atoms with van der Waals surface area (Å²) in [5.41, 5.74) is 3.38. The minimum atomic E-state index is -0.336. The first-order chi connectivity index (χ1) is 10.2. The van der Waals surface area contributed by atoms with Gasteiger partial charge in [-0.1, -0.05) is 0 Å². The van der Waals surface area contributed by atoms with Crippen molar-refractivity contribution in [1.82, 2.24) is 21.0 Å². The van der Waals surface area contributed by atoms with Crippen LogP contribution in [-0.2, 0) is 5.75 Å². The quantitative estimate of drug-likeness (QED) is 0.107. The molecule has 8 nitrogen and oxygen atoms in total. The fourth-order valence-electron chi connectivity index (χ4n) is 1.43. The molecule has 0 spiro atoms. The van der Waals surface area contributed by atoms with Crippen LogP contribution in [0.3, 0.4) is 0 Å². The molecule has 0 unspecified atom stereocenters. The molecule has 1 aromatic heterocycles. The lowest BCUT2D eigenvalue weighted by molar-refractivity contribution is 0.0953. The van der Waals surface area contributed by atoms with Crippen molar-refractivity contribution in [3.8, 4) is 6.19 Å². The van der Waals surface area contributed by atoms with E-state index >= 15 is 0 Å². The minimum absolute atomic E-state index is 0.336. The predicted molar refractivity (Wildman–Crippen MR) is 82.2 cm³/mol. The molecule has 1 amide bonds. The third-order valence-electron chi connectivity index (χ3n) is 2.40. The lowest BCUT2D eigenvalue weighted by Gasteiger charge is -2.07. The van der Waals surface area contributed by atoms with E-state index in [1.807, 2.05) is 0 Å². The van der Waals surface area contributed by atoms with Gasteiger partial charge in [-0.05, 0) is 12.1 Å². The maximum absolute atomic E-state index is 11.4. The van der Waals surface area contributed by atoms with Crippen molar-refractivity contribution in [3.63, 3.8) is 0 Å². The Labute approximate surface area is 127 Å². The Kier molecular flexibility index (Phi) is 7.63. The second kappa shape index (κ2) is 9.57. The molecular formula is C12H17N7OS. The number of carbonyl (C=O) groups is 1. The van der Waals surface area contributed by atoms with E-state index in [0.29, 0.717) is 23.8 Å². The van der Waals surface area contributed by atoms with Crippen LogP contribution in [0.1, 0.15) is 16.1 Å². The zero-order chi connectivity index (χ0) is 15.5. The zero-order valence-corrected chi connectivity index (χ0v) is 12.4. The average molecular weight is 307 g/mol. The number of hydrogen-bond acceptors (Lipinski definition) is 6. The summed E-state index contributed by atoms with van der Waals surface area (Å²) < 4.78 is 0. The molecule has 0 aliphatic rings. The van der Waals surface area contributed by atoms with Crippen molar-refractivity contribution in [3.05, 3.63) is 29.6 Å². The zero-order valence-electron chi connectivity index (χ0n) is 11.6. The number of hydrogen-bond donors (Lipinski definition) is 4. The third-order valence-corrected chi connectivity index (χ3v) is 3.39. The SMILES string of the molecule is CNC(=NC#N)NCCSCc1cc(C(=O)NN)ccn1. The van der Waals surface area contributed by atoms with E-state index in [0.717, 1.165) is 11.4 Å². The first-order valence-electron chi connectivity index (χ1n) is 6.13. The van der Waals surface area contributed by atoms with Gasteiger partial charge in [0.15, 0.2) is 0 Å². The third kappa shape index (κ3) is 6.11. The van der Waals surface area contributed by atoms with Gasteiger partial charge < -0.3 is 10.6 Å². The smallest absolute Gasteiger partial charge is 0.265 e. The normalized spacial score (nSPS) is 10.6. The van der Waals surface area contributed by atoms with Crippen LogP contribution in [0.15, 0.2) is 23.3 Å². The molecular weight excluding hydrogens is 290 g/mol. The summed E-state index contributed by atoms with van der Waals surface area (Å²) >= 11 is 1.65. The van der Waals surface area contributed by atoms with Gasteiger partial charge in [-0.2, -0.15) is 17.0 Å². The van der Waals surface area contributed by atoms with E-state index in [1.54, 1.807) is 43.3 Å². The van der Waals surface area contributed by atoms with E-state index in [1.165, 1.54) is 0 Å². The van der Waals surface area contributed by atoms with Crippen molar-refractivity contribution >= 4 is 23.6 Å². The highest BCUT2D eigenvalue weighted by molar-refractivity contribution is 7.98. The number of nitriles is 1. The molecule has 0 aromatic carbocycles. The van der Waals surface area contributed by atoms with E-state index in [4.69, 9.17) is 11.1 Å². The fourth-order valence-corrected chi connectivity index (χ4v) is 2.19. The maximum atomic E-state index is 11.4. The lowest BCUT2D eigenvalue weighted by atomic mass is 10.2. The first-order valence-corrected chi connectivity index (χ1v) is 7.28. The van der Waals surface area contributed by atoms with Crippen LogP contribution in [0.2, 0.25) is 0 Å². The molecule has 5 N–H and O–H groups in total. The summed E-state index contributed by atoms with van der Waals surface area (Å²) in [5, 5.41) is 14.2. The highest BCUT2D eigenvalue weighted by atomic mass is 32.2. The molecule has 0 atom stereocenters. The number of hydrazine groups is 1. The summed E-state index contributed by atoms with van der Waals surface area (Å²) in [7, 11) is 1.69. The molecule has 1 heterocycles. The van der Waals surface area contributed by atoms with Crippen LogP contribution < -0.4 is 21.9 Å². The maximum Gasteiger partial charge on any atom is 0.265 e. The number of carbonyl (C=O) groups excluding carboxylic acids is 1. The first kappa shape index (κ1) is 16.7. The summed E-state index contributed by atoms with van der Waals surface area (Å²) in [6.45, 7) is 0.662. The number of pyridine rings is 1. The summed E-state index contributed by atoms with van der Waals surface area (Å²) in [6.07, 6.45) is 3.29. The second-order valence-corrected chi connectivity index (χ2v) is 4.90. The Balaban J connectivity index is 2.35. The molecule has 0 saturated carbocycles. The van der Waals surface area contributed by atoms with Gasteiger partial charge >= 0.3 is 0 Å². The van der Waals surface area contributed by atoms with Gasteiger partial charge in [-0.25, -0.2) is 5.84 Å². The number of aliphatic imine (C=N–C) groups is 1. The van der Waals surface area contributed by atoms with Crippen LogP contribution in [0, 0.1) is 11.5 Å². The number of aromatic nitrogens is 1. The standard InChI is InChI=1S/C12H17N7OS/c1-15-12(18-8-13)17-4-5-21-7-10-6-9(2-3-16-10)11(20)19-14/h2-3,6H,4-5,7,14H2,1H3,(H,19,20)(H2,15,17,18). The van der Waals surface area contributed by atoms with Crippen molar-refractivity contribution < 1.29 is 4.79 Å². The number of nitrogens with two attached hydrogens (primary N) is 1. The number of nitrogens with one attached hydrogen (secondary N) is 3. The predicted octanol–water partition coefficient (Wildman–Crippen LogP) is -0.436. The average Bonchev–Trinajstić information content (AvgIpc) is 2.53. The number of thioether (sulfide) groups is 1. The van der Waals surface area contributed by atoms with Crippen LogP contribution in [0.25, 0.3) is 0 Å². The van der Waals surface area contributed by atoms with Gasteiger partial charge in [-0.3, -0.25) is 15.2 Å². The Bertz CT molecular complexity index is 541. The molecule has 0 aliphatic heterocycles. The fraction of sp³-hybridized carbons (Fsp3) is 0.333. The number of amides is 1. The largest absolute Gasteiger partial charge is 0.359 e. The molecule has 112 valence electrons. The molecule has 0 bridgehead atoms. The summed E-state index contributed by atoms with van der Waals surface area (Å²) in [4.78, 5) is 19.1. The molecule has 1 aromatic rings. The van der Waals surface area contributed by atoms with E-state index in [2.05, 4.69) is 26.0 Å². The van der Waals surface area contributed by atoms with Crippen LogP contribution in [0.4, 0.5) is 0 Å². The monoisotopic (exact) mass is 307 g/mol. The molecule has 21 heavy (non-hydrogen) atoms. The van der Waals surface area contributed by atoms with E-state index in [9.17, 15) is 4.79 Å². The molecule has 0 aliphatic carbocycles. The van der Waals surface area contributed by atoms with Gasteiger partial charge in [0.25, 0.3) is 5.91 Å². The van der Waals surface area contributed by atoms with Crippen molar-refractivity contribution in [2.24, 2.45) is 10.8 Å². The number of nitrogen functional groups attached to an aromatic ring is 1. The lowest BCUT2D eigenvalue weighted by Crippen LogP contribution is -2.35. The number of guanidine groups is 1. The molecule has 0 radical (unpaired) electrons. The van der Waals surface area contributed by atoms with Crippen LogP contribution in [-0.4, -0.2) is 36.2 Å². The van der Waals surface area contributed by atoms with Crippen molar-refractivity contribution in [2.75, 3.05) is 19.3 Å². The Morgan fingerprint density at radius 1 is 1.62 bits per heavy atom. The number of nitrogens with zero attached hydrogens (tertiary/aromatic N) is 3. The van der Waals surface area contributed by atoms with Gasteiger partial charge in [0.1, 0.15) is 0 Å². The van der Waals surface area contributed by atoms with Crippen molar-refractivity contribution in [2.45, 2.75) is 5.75 Å². The molecule has 0 saturated heterocycles. The second-order valence-electron chi connectivity index (χ2n) is 3.80. The Morgan fingerprint density at radius 2 is 2.43 bits per heavy atom. The van der Waals surface area contributed by atoms with Gasteiger partial charge in [-0.15, -0.1) is 4.99 Å². The van der Waals surface area contributed by atoms with Crippen molar-refractivity contribution in [1.29, 1.82) is 5.26 Å².